The predicted octanol–water partition coefficient (Wildman–Crippen LogP) is 3.55. The molecule has 2 aromatic rings. The number of ether oxygens (including phenoxy) is 2. The minimum atomic E-state index is -0.255. The molecule has 0 spiro atoms. The highest BCUT2D eigenvalue weighted by molar-refractivity contribution is 7.15. The van der Waals surface area contributed by atoms with E-state index in [-0.39, 0.29) is 5.91 Å². The molecule has 0 radical (unpaired) electrons. The summed E-state index contributed by atoms with van der Waals surface area (Å²) in [5.41, 5.74) is 0.808. The fraction of sp³-hybridized carbons (Fsp3) is 0.353. The summed E-state index contributed by atoms with van der Waals surface area (Å²) in [5.74, 6) is 1.08. The smallest absolute Gasteiger partial charge is 0.250 e. The van der Waals surface area contributed by atoms with Crippen LogP contribution < -0.4 is 14.8 Å². The molecule has 0 saturated carbocycles. The van der Waals surface area contributed by atoms with Gasteiger partial charge in [0.1, 0.15) is 16.5 Å². The van der Waals surface area contributed by atoms with Crippen LogP contribution in [0.4, 0.5) is 5.13 Å². The number of benzene rings is 1. The topological polar surface area (TPSA) is 73.3 Å². The molecule has 2 rings (SSSR count). The van der Waals surface area contributed by atoms with Crippen molar-refractivity contribution in [3.8, 4) is 11.5 Å². The van der Waals surface area contributed by atoms with Crippen molar-refractivity contribution in [3.05, 3.63) is 34.8 Å². The zero-order valence-corrected chi connectivity index (χ0v) is 14.9. The Morgan fingerprint density at radius 1 is 1.21 bits per heavy atom. The summed E-state index contributed by atoms with van der Waals surface area (Å²) < 4.78 is 10.4. The van der Waals surface area contributed by atoms with Crippen LogP contribution in [0.15, 0.2) is 24.3 Å². The number of unbranched alkanes of at least 4 members (excludes halogenated alkanes) is 1. The molecular weight excluding hydrogens is 326 g/mol. The summed E-state index contributed by atoms with van der Waals surface area (Å²) in [7, 11) is 3.17. The van der Waals surface area contributed by atoms with Gasteiger partial charge in [-0.2, -0.15) is 0 Å². The van der Waals surface area contributed by atoms with E-state index in [1.807, 2.05) is 12.1 Å². The number of hydrogen-bond acceptors (Lipinski definition) is 6. The van der Waals surface area contributed by atoms with Crippen molar-refractivity contribution in [2.45, 2.75) is 26.2 Å². The number of hydrogen-bond donors (Lipinski definition) is 1. The van der Waals surface area contributed by atoms with Gasteiger partial charge in [-0.05, 0) is 30.2 Å². The molecule has 1 heterocycles. The maximum atomic E-state index is 12.0. The Kier molecular flexibility index (Phi) is 6.74. The molecule has 24 heavy (non-hydrogen) atoms. The summed E-state index contributed by atoms with van der Waals surface area (Å²) in [5, 5.41) is 12.2. The largest absolute Gasteiger partial charge is 0.497 e. The van der Waals surface area contributed by atoms with Gasteiger partial charge in [-0.1, -0.05) is 24.7 Å². The first-order chi connectivity index (χ1) is 11.6. The van der Waals surface area contributed by atoms with Gasteiger partial charge >= 0.3 is 0 Å². The second-order valence-corrected chi connectivity index (χ2v) is 6.14. The molecule has 6 nitrogen and oxygen atoms in total. The summed E-state index contributed by atoms with van der Waals surface area (Å²) in [4.78, 5) is 12.0. The maximum Gasteiger partial charge on any atom is 0.250 e. The Labute approximate surface area is 145 Å². The van der Waals surface area contributed by atoms with Crippen molar-refractivity contribution in [1.82, 2.24) is 10.2 Å². The minimum absolute atomic E-state index is 0.255. The lowest BCUT2D eigenvalue weighted by Crippen LogP contribution is -2.07. The number of nitrogens with one attached hydrogen (secondary N) is 1. The number of rotatable bonds is 8. The molecule has 0 aliphatic heterocycles. The van der Waals surface area contributed by atoms with E-state index < -0.39 is 0 Å². The van der Waals surface area contributed by atoms with Crippen molar-refractivity contribution in [2.24, 2.45) is 0 Å². The molecule has 0 atom stereocenters. The highest BCUT2D eigenvalue weighted by Crippen LogP contribution is 2.23. The molecule has 1 aromatic carbocycles. The van der Waals surface area contributed by atoms with Crippen LogP contribution in [0.2, 0.25) is 0 Å². The van der Waals surface area contributed by atoms with E-state index in [1.54, 1.807) is 26.4 Å². The van der Waals surface area contributed by atoms with Gasteiger partial charge in [0, 0.05) is 18.6 Å². The molecule has 0 saturated heterocycles. The number of amides is 1. The summed E-state index contributed by atoms with van der Waals surface area (Å²) >= 11 is 1.41. The molecule has 1 N–H and O–H groups in total. The van der Waals surface area contributed by atoms with Gasteiger partial charge < -0.3 is 9.47 Å². The fourth-order valence-electron chi connectivity index (χ4n) is 1.98. The third kappa shape index (κ3) is 5.34. The van der Waals surface area contributed by atoms with Gasteiger partial charge in [-0.25, -0.2) is 0 Å². The van der Waals surface area contributed by atoms with E-state index in [4.69, 9.17) is 9.47 Å². The van der Waals surface area contributed by atoms with Crippen molar-refractivity contribution in [2.75, 3.05) is 19.5 Å². The van der Waals surface area contributed by atoms with Gasteiger partial charge in [0.25, 0.3) is 0 Å². The first-order valence-electron chi connectivity index (χ1n) is 7.69. The predicted molar refractivity (Wildman–Crippen MR) is 95.7 cm³/mol. The van der Waals surface area contributed by atoms with Crippen LogP contribution in [0.5, 0.6) is 11.5 Å². The van der Waals surface area contributed by atoms with Crippen LogP contribution >= 0.6 is 11.3 Å². The Bertz CT molecular complexity index is 691. The highest BCUT2D eigenvalue weighted by Gasteiger charge is 2.06. The summed E-state index contributed by atoms with van der Waals surface area (Å²) in [6, 6.07) is 5.41. The van der Waals surface area contributed by atoms with Crippen molar-refractivity contribution < 1.29 is 14.3 Å². The van der Waals surface area contributed by atoms with Crippen LogP contribution in [0.25, 0.3) is 6.08 Å². The van der Waals surface area contributed by atoms with E-state index in [1.165, 1.54) is 17.4 Å². The molecule has 7 heteroatoms. The number of methoxy groups -OCH3 is 2. The van der Waals surface area contributed by atoms with Gasteiger partial charge in [0.2, 0.25) is 11.0 Å². The fourth-order valence-corrected chi connectivity index (χ4v) is 2.76. The average Bonchev–Trinajstić information content (AvgIpc) is 3.05. The molecule has 0 aliphatic rings. The molecule has 1 aromatic heterocycles. The number of aryl methyl sites for hydroxylation is 1. The molecular formula is C17H21N3O3S. The van der Waals surface area contributed by atoms with Gasteiger partial charge in [-0.3, -0.25) is 10.1 Å². The lowest BCUT2D eigenvalue weighted by molar-refractivity contribution is -0.111. The first-order valence-corrected chi connectivity index (χ1v) is 8.50. The van der Waals surface area contributed by atoms with E-state index in [2.05, 4.69) is 22.4 Å². The lowest BCUT2D eigenvalue weighted by atomic mass is 10.2. The molecule has 128 valence electrons. The van der Waals surface area contributed by atoms with Crippen molar-refractivity contribution in [3.63, 3.8) is 0 Å². The number of anilines is 1. The Morgan fingerprint density at radius 3 is 2.54 bits per heavy atom. The van der Waals surface area contributed by atoms with E-state index in [0.717, 1.165) is 29.8 Å². The number of carbonyl (C=O) groups excluding carboxylic acids is 1. The Balaban J connectivity index is 1.98. The van der Waals surface area contributed by atoms with Crippen LogP contribution in [-0.2, 0) is 11.2 Å². The second-order valence-electron chi connectivity index (χ2n) is 5.07. The average molecular weight is 347 g/mol. The maximum absolute atomic E-state index is 12.0. The van der Waals surface area contributed by atoms with Gasteiger partial charge in [0.05, 0.1) is 14.2 Å². The van der Waals surface area contributed by atoms with Crippen LogP contribution in [-0.4, -0.2) is 30.3 Å². The van der Waals surface area contributed by atoms with Gasteiger partial charge in [-0.15, -0.1) is 10.2 Å². The quantitative estimate of drug-likeness (QED) is 0.739. The Morgan fingerprint density at radius 2 is 1.92 bits per heavy atom. The molecule has 0 fully saturated rings. The third-order valence-electron chi connectivity index (χ3n) is 3.24. The zero-order valence-electron chi connectivity index (χ0n) is 14.0. The molecule has 0 bridgehead atoms. The molecule has 1 amide bonds. The Hall–Kier alpha value is -2.41. The summed E-state index contributed by atoms with van der Waals surface area (Å²) in [6.45, 7) is 2.13. The SMILES string of the molecule is CCCCc1nnc(NC(=O)/C=C/c2cc(OC)cc(OC)c2)s1. The first kappa shape index (κ1) is 17.9. The van der Waals surface area contributed by atoms with Crippen molar-refractivity contribution in [1.29, 1.82) is 0 Å². The van der Waals surface area contributed by atoms with Crippen LogP contribution in [0.3, 0.4) is 0 Å². The van der Waals surface area contributed by atoms with E-state index in [9.17, 15) is 4.79 Å². The zero-order chi connectivity index (χ0) is 17.4. The normalized spacial score (nSPS) is 10.8. The van der Waals surface area contributed by atoms with Gasteiger partial charge in [0.15, 0.2) is 0 Å². The monoisotopic (exact) mass is 347 g/mol. The van der Waals surface area contributed by atoms with Crippen LogP contribution in [0.1, 0.15) is 30.3 Å². The van der Waals surface area contributed by atoms with Crippen molar-refractivity contribution >= 4 is 28.5 Å². The number of aromatic nitrogens is 2. The third-order valence-corrected chi connectivity index (χ3v) is 4.14. The van der Waals surface area contributed by atoms with E-state index in [0.29, 0.717) is 16.6 Å². The summed E-state index contributed by atoms with van der Waals surface area (Å²) in [6.07, 6.45) is 6.21. The molecule has 0 aliphatic carbocycles. The highest BCUT2D eigenvalue weighted by atomic mass is 32.1. The van der Waals surface area contributed by atoms with Crippen LogP contribution in [0, 0.1) is 0 Å². The lowest BCUT2D eigenvalue weighted by Gasteiger charge is -2.05. The van der Waals surface area contributed by atoms with E-state index >= 15 is 0 Å². The second kappa shape index (κ2) is 9.02. The molecule has 0 unspecified atom stereocenters. The minimum Gasteiger partial charge on any atom is -0.497 e. The standard InChI is InChI=1S/C17H21N3O3S/c1-4-5-6-16-19-20-17(24-16)18-15(21)8-7-12-9-13(22-2)11-14(10-12)23-3/h7-11H,4-6H2,1-3H3,(H,18,20,21)/b8-7+. The number of nitrogens with zero attached hydrogens (tertiary/aromatic N) is 2. The number of carbonyl (C=O) groups is 1.